The topological polar surface area (TPSA) is 144 Å². The molecule has 2 aromatic carbocycles. The fraction of sp³-hybridized carbons (Fsp3) is 0.0556. The summed E-state index contributed by atoms with van der Waals surface area (Å²) in [5.41, 5.74) is 10.6. The number of fused-ring (bicyclic) bond motifs is 1. The molecule has 4 N–H and O–H groups in total. The molecule has 4 rings (SSSR count). The van der Waals surface area contributed by atoms with Crippen LogP contribution in [0.2, 0.25) is 0 Å². The van der Waals surface area contributed by atoms with Gasteiger partial charge in [-0.2, -0.15) is 5.10 Å². The monoisotopic (exact) mass is 533 g/mol. The summed E-state index contributed by atoms with van der Waals surface area (Å²) >= 11 is 6.49. The molecule has 10 nitrogen and oxygen atoms in total. The number of rotatable bonds is 5. The number of carbonyl (C=O) groups excluding carboxylic acids is 1. The van der Waals surface area contributed by atoms with Crippen LogP contribution in [-0.4, -0.2) is 37.1 Å². The van der Waals surface area contributed by atoms with Crippen molar-refractivity contribution in [3.05, 3.63) is 50.9 Å². The van der Waals surface area contributed by atoms with E-state index >= 15 is 0 Å². The molecule has 2 heterocycles. The maximum Gasteiger partial charge on any atom is 0.260 e. The summed E-state index contributed by atoms with van der Waals surface area (Å²) in [5.74, 6) is 0.133. The van der Waals surface area contributed by atoms with Gasteiger partial charge in [0.15, 0.2) is 17.3 Å². The molecule has 2 aromatic heterocycles. The average molecular weight is 535 g/mol. The Morgan fingerprint density at radius 3 is 2.70 bits per heavy atom. The molecule has 0 saturated carbocycles. The minimum atomic E-state index is -0.386. The van der Waals surface area contributed by atoms with Crippen LogP contribution in [-0.2, 0) is 11.3 Å². The minimum Gasteiger partial charge on any atom is -0.506 e. The molecular weight excluding hydrogens is 522 g/mol. The molecule has 0 aliphatic carbocycles. The Labute approximate surface area is 186 Å². The van der Waals surface area contributed by atoms with E-state index in [2.05, 4.69) is 62.3 Å². The summed E-state index contributed by atoms with van der Waals surface area (Å²) in [6, 6.07) is 10.7. The van der Waals surface area contributed by atoms with E-state index in [1.807, 2.05) is 24.3 Å². The molecule has 0 bridgehead atoms. The van der Waals surface area contributed by atoms with Crippen LogP contribution in [0.5, 0.6) is 5.75 Å². The van der Waals surface area contributed by atoms with E-state index in [0.717, 1.165) is 5.52 Å². The number of nitrogen functional groups attached to an aromatic ring is 1. The number of hydrazone groups is 1. The van der Waals surface area contributed by atoms with Crippen LogP contribution < -0.4 is 11.2 Å². The Morgan fingerprint density at radius 2 is 2.00 bits per heavy atom. The summed E-state index contributed by atoms with van der Waals surface area (Å²) < 4.78 is 7.32. The summed E-state index contributed by atoms with van der Waals surface area (Å²) in [4.78, 5) is 17.0. The maximum absolute atomic E-state index is 12.5. The second-order valence-electron chi connectivity index (χ2n) is 6.13. The van der Waals surface area contributed by atoms with Crippen molar-refractivity contribution in [3.63, 3.8) is 0 Å². The first-order valence-corrected chi connectivity index (χ1v) is 10.1. The zero-order valence-corrected chi connectivity index (χ0v) is 18.3. The SMILES string of the molecule is Nc1nonc1-c1nc2ccccc2n1CC(=O)N/N=C/c1cc(Br)c(O)c(Br)c1. The van der Waals surface area contributed by atoms with Crippen LogP contribution in [0.25, 0.3) is 22.6 Å². The largest absolute Gasteiger partial charge is 0.506 e. The number of halogens is 2. The third-order valence-corrected chi connectivity index (χ3v) is 5.33. The number of phenols is 1. The molecule has 0 saturated heterocycles. The van der Waals surface area contributed by atoms with Crippen LogP contribution >= 0.6 is 31.9 Å². The summed E-state index contributed by atoms with van der Waals surface area (Å²) in [7, 11) is 0. The van der Waals surface area contributed by atoms with E-state index in [1.54, 1.807) is 16.7 Å². The van der Waals surface area contributed by atoms with Gasteiger partial charge in [0.25, 0.3) is 5.91 Å². The van der Waals surface area contributed by atoms with Gasteiger partial charge in [-0.3, -0.25) is 4.79 Å². The number of carbonyl (C=O) groups is 1. The molecule has 0 spiro atoms. The lowest BCUT2D eigenvalue weighted by Gasteiger charge is -2.07. The number of phenolic OH excluding ortho intramolecular Hbond substituents is 1. The Kier molecular flexibility index (Phi) is 5.50. The Bertz CT molecular complexity index is 1260. The summed E-state index contributed by atoms with van der Waals surface area (Å²) in [5, 5.41) is 21.1. The number of para-hydroxylation sites is 2. The molecule has 0 aliphatic rings. The quantitative estimate of drug-likeness (QED) is 0.263. The van der Waals surface area contributed by atoms with Crippen molar-refractivity contribution in [2.45, 2.75) is 6.54 Å². The zero-order chi connectivity index (χ0) is 21.3. The van der Waals surface area contributed by atoms with E-state index in [-0.39, 0.29) is 29.7 Å². The minimum absolute atomic E-state index is 0.0773. The average Bonchev–Trinajstić information content (AvgIpc) is 3.29. The van der Waals surface area contributed by atoms with Gasteiger partial charge in [-0.25, -0.2) is 15.0 Å². The number of nitrogens with zero attached hydrogens (tertiary/aromatic N) is 5. The number of aromatic nitrogens is 4. The van der Waals surface area contributed by atoms with Crippen LogP contribution in [0.15, 0.2) is 55.1 Å². The number of hydrogen-bond acceptors (Lipinski definition) is 8. The van der Waals surface area contributed by atoms with E-state index in [1.165, 1.54) is 6.21 Å². The van der Waals surface area contributed by atoms with Crippen LogP contribution in [0.4, 0.5) is 5.82 Å². The molecule has 1 amide bonds. The van der Waals surface area contributed by atoms with Crippen molar-refractivity contribution < 1.29 is 14.5 Å². The fourth-order valence-corrected chi connectivity index (χ4v) is 4.01. The predicted molar refractivity (Wildman–Crippen MR) is 117 cm³/mol. The molecule has 152 valence electrons. The van der Waals surface area contributed by atoms with Crippen molar-refractivity contribution >= 4 is 60.8 Å². The lowest BCUT2D eigenvalue weighted by molar-refractivity contribution is -0.121. The molecule has 0 radical (unpaired) electrons. The van der Waals surface area contributed by atoms with Crippen LogP contribution in [0.1, 0.15) is 5.56 Å². The predicted octanol–water partition coefficient (Wildman–Crippen LogP) is 3.05. The number of nitrogens with two attached hydrogens (primary N) is 1. The number of anilines is 1. The lowest BCUT2D eigenvalue weighted by Crippen LogP contribution is -2.23. The van der Waals surface area contributed by atoms with Gasteiger partial charge < -0.3 is 15.4 Å². The Balaban J connectivity index is 1.57. The number of imidazole rings is 1. The number of amides is 1. The first-order chi connectivity index (χ1) is 14.4. The van der Waals surface area contributed by atoms with Gasteiger partial charge >= 0.3 is 0 Å². The number of benzene rings is 2. The highest BCUT2D eigenvalue weighted by molar-refractivity contribution is 9.11. The van der Waals surface area contributed by atoms with Crippen LogP contribution in [0.3, 0.4) is 0 Å². The van der Waals surface area contributed by atoms with Crippen molar-refractivity contribution in [2.24, 2.45) is 5.10 Å². The molecule has 0 fully saturated rings. The zero-order valence-electron chi connectivity index (χ0n) is 15.1. The van der Waals surface area contributed by atoms with Gasteiger partial charge in [0.1, 0.15) is 12.3 Å². The van der Waals surface area contributed by atoms with Gasteiger partial charge in [0.2, 0.25) is 0 Å². The smallest absolute Gasteiger partial charge is 0.260 e. The van der Waals surface area contributed by atoms with Crippen molar-refractivity contribution in [2.75, 3.05) is 5.73 Å². The third kappa shape index (κ3) is 3.91. The maximum atomic E-state index is 12.5. The fourth-order valence-electron chi connectivity index (χ4n) is 2.78. The number of nitrogens with one attached hydrogen (secondary N) is 1. The second kappa shape index (κ2) is 8.24. The van der Waals surface area contributed by atoms with Crippen molar-refractivity contribution in [1.82, 2.24) is 25.3 Å². The van der Waals surface area contributed by atoms with Gasteiger partial charge in [0, 0.05) is 0 Å². The highest BCUT2D eigenvalue weighted by Gasteiger charge is 2.20. The van der Waals surface area contributed by atoms with Gasteiger partial charge in [0.05, 0.1) is 26.2 Å². The van der Waals surface area contributed by atoms with Crippen molar-refractivity contribution in [3.8, 4) is 17.3 Å². The molecule has 0 unspecified atom stereocenters. The molecule has 4 aromatic rings. The molecule has 12 heteroatoms. The van der Waals surface area contributed by atoms with E-state index < -0.39 is 0 Å². The van der Waals surface area contributed by atoms with Crippen molar-refractivity contribution in [1.29, 1.82) is 0 Å². The van der Waals surface area contributed by atoms with E-state index in [4.69, 9.17) is 5.73 Å². The Morgan fingerprint density at radius 1 is 1.27 bits per heavy atom. The second-order valence-corrected chi connectivity index (χ2v) is 7.84. The molecule has 30 heavy (non-hydrogen) atoms. The number of aromatic hydroxyl groups is 1. The van der Waals surface area contributed by atoms with Gasteiger partial charge in [-0.15, -0.1) is 0 Å². The van der Waals surface area contributed by atoms with Gasteiger partial charge in [-0.1, -0.05) is 12.1 Å². The first kappa shape index (κ1) is 20.0. The molecule has 0 atom stereocenters. The molecular formula is C18H13Br2N7O3. The van der Waals surface area contributed by atoms with Gasteiger partial charge in [-0.05, 0) is 72.0 Å². The summed E-state index contributed by atoms with van der Waals surface area (Å²) in [6.45, 7) is -0.0809. The molecule has 0 aliphatic heterocycles. The highest BCUT2D eigenvalue weighted by Crippen LogP contribution is 2.32. The normalized spacial score (nSPS) is 11.4. The summed E-state index contributed by atoms with van der Waals surface area (Å²) in [6.07, 6.45) is 1.46. The van der Waals surface area contributed by atoms with E-state index in [9.17, 15) is 9.90 Å². The Hall–Kier alpha value is -3.25. The lowest BCUT2D eigenvalue weighted by atomic mass is 10.2. The third-order valence-electron chi connectivity index (χ3n) is 4.12. The van der Waals surface area contributed by atoms with Crippen LogP contribution in [0, 0.1) is 0 Å². The highest BCUT2D eigenvalue weighted by atomic mass is 79.9. The standard InChI is InChI=1S/C18H13Br2N7O3/c19-10-5-9(6-11(20)16(10)29)7-22-24-14(28)8-27-13-4-2-1-3-12(13)23-18(27)15-17(21)26-30-25-15/h1-7,29H,8H2,(H2,21,26)(H,24,28)/b22-7+. The van der Waals surface area contributed by atoms with E-state index in [0.29, 0.717) is 25.8 Å². The first-order valence-electron chi connectivity index (χ1n) is 8.47. The number of hydrogen-bond donors (Lipinski definition) is 3.